The standard InChI is InChI=1S/C23H27NO4/c1-15(2)19(22(26)24-13-7-12-20(24)23(27)28-3)14-21(25)18-11-6-9-16-8-4-5-10-17(16)18/h4-6,8-11,15,19-20H,7,12-14H2,1-3H3/t19-,20-/m0/s1. The largest absolute Gasteiger partial charge is 0.467 e. The van der Waals surface area contributed by atoms with Crippen molar-refractivity contribution in [2.45, 2.75) is 39.2 Å². The van der Waals surface area contributed by atoms with Gasteiger partial charge in [0.25, 0.3) is 0 Å². The van der Waals surface area contributed by atoms with Crippen LogP contribution < -0.4 is 0 Å². The number of benzene rings is 2. The normalized spacial score (nSPS) is 17.7. The molecule has 5 heteroatoms. The van der Waals surface area contributed by atoms with Crippen molar-refractivity contribution in [3.63, 3.8) is 0 Å². The van der Waals surface area contributed by atoms with Gasteiger partial charge in [0.1, 0.15) is 6.04 Å². The molecule has 1 saturated heterocycles. The van der Waals surface area contributed by atoms with E-state index in [1.807, 2.05) is 56.3 Å². The van der Waals surface area contributed by atoms with Crippen molar-refractivity contribution < 1.29 is 19.1 Å². The Labute approximate surface area is 165 Å². The topological polar surface area (TPSA) is 63.7 Å². The summed E-state index contributed by atoms with van der Waals surface area (Å²) in [7, 11) is 1.34. The summed E-state index contributed by atoms with van der Waals surface area (Å²) in [5, 5.41) is 1.91. The van der Waals surface area contributed by atoms with Crippen LogP contribution in [-0.4, -0.2) is 42.3 Å². The number of amides is 1. The number of rotatable bonds is 6. The Morgan fingerprint density at radius 1 is 1.11 bits per heavy atom. The smallest absolute Gasteiger partial charge is 0.328 e. The third-order valence-corrected chi connectivity index (χ3v) is 5.63. The maximum atomic E-state index is 13.2. The molecular weight excluding hydrogens is 354 g/mol. The van der Waals surface area contributed by atoms with E-state index in [0.29, 0.717) is 18.5 Å². The number of nitrogens with zero attached hydrogens (tertiary/aromatic N) is 1. The highest BCUT2D eigenvalue weighted by Crippen LogP contribution is 2.28. The predicted octanol–water partition coefficient (Wildman–Crippen LogP) is 3.85. The van der Waals surface area contributed by atoms with Gasteiger partial charge < -0.3 is 9.64 Å². The molecule has 0 saturated carbocycles. The molecular formula is C23H27NO4. The van der Waals surface area contributed by atoms with Gasteiger partial charge in [-0.1, -0.05) is 56.3 Å². The molecule has 3 rings (SSSR count). The quantitative estimate of drug-likeness (QED) is 0.563. The van der Waals surface area contributed by atoms with E-state index in [9.17, 15) is 14.4 Å². The van der Waals surface area contributed by atoms with E-state index in [4.69, 9.17) is 4.74 Å². The van der Waals surface area contributed by atoms with Crippen molar-refractivity contribution >= 4 is 28.4 Å². The second-order valence-corrected chi connectivity index (χ2v) is 7.72. The Kier molecular flexibility index (Phi) is 6.12. The van der Waals surface area contributed by atoms with E-state index in [0.717, 1.165) is 17.2 Å². The summed E-state index contributed by atoms with van der Waals surface area (Å²) < 4.78 is 4.85. The van der Waals surface area contributed by atoms with Crippen molar-refractivity contribution in [2.75, 3.05) is 13.7 Å². The summed E-state index contributed by atoms with van der Waals surface area (Å²) >= 11 is 0. The zero-order valence-corrected chi connectivity index (χ0v) is 16.7. The highest BCUT2D eigenvalue weighted by molar-refractivity contribution is 6.09. The Morgan fingerprint density at radius 2 is 1.82 bits per heavy atom. The first-order valence-electron chi connectivity index (χ1n) is 9.83. The second kappa shape index (κ2) is 8.55. The maximum absolute atomic E-state index is 13.2. The number of hydrogen-bond donors (Lipinski definition) is 0. The van der Waals surface area contributed by atoms with Crippen molar-refractivity contribution in [2.24, 2.45) is 11.8 Å². The van der Waals surface area contributed by atoms with Crippen LogP contribution in [0.3, 0.4) is 0 Å². The Balaban J connectivity index is 1.84. The number of likely N-dealkylation sites (tertiary alicyclic amines) is 1. The fourth-order valence-electron chi connectivity index (χ4n) is 4.01. The van der Waals surface area contributed by atoms with E-state index in [1.54, 1.807) is 4.90 Å². The van der Waals surface area contributed by atoms with Crippen LogP contribution >= 0.6 is 0 Å². The number of methoxy groups -OCH3 is 1. The molecule has 0 N–H and O–H groups in total. The van der Waals surface area contributed by atoms with E-state index in [-0.39, 0.29) is 30.0 Å². The van der Waals surface area contributed by atoms with E-state index in [2.05, 4.69) is 0 Å². The molecule has 1 aliphatic rings. The number of fused-ring (bicyclic) bond motifs is 1. The van der Waals surface area contributed by atoms with Gasteiger partial charge in [-0.25, -0.2) is 4.79 Å². The highest BCUT2D eigenvalue weighted by Gasteiger charge is 2.39. The van der Waals surface area contributed by atoms with Crippen LogP contribution in [0.2, 0.25) is 0 Å². The zero-order chi connectivity index (χ0) is 20.3. The monoisotopic (exact) mass is 381 g/mol. The lowest BCUT2D eigenvalue weighted by atomic mass is 9.86. The summed E-state index contributed by atoms with van der Waals surface area (Å²) in [6.45, 7) is 4.43. The molecule has 2 aromatic rings. The highest BCUT2D eigenvalue weighted by atomic mass is 16.5. The molecule has 1 heterocycles. The van der Waals surface area contributed by atoms with Crippen molar-refractivity contribution in [3.8, 4) is 0 Å². The molecule has 2 aromatic carbocycles. The first kappa shape index (κ1) is 20.1. The van der Waals surface area contributed by atoms with Crippen molar-refractivity contribution in [1.29, 1.82) is 0 Å². The van der Waals surface area contributed by atoms with Gasteiger partial charge in [-0.05, 0) is 29.5 Å². The average molecular weight is 381 g/mol. The molecule has 2 atom stereocenters. The SMILES string of the molecule is COC(=O)[C@@H]1CCCN1C(=O)[C@@H](CC(=O)c1cccc2ccccc12)C(C)C. The second-order valence-electron chi connectivity index (χ2n) is 7.72. The minimum absolute atomic E-state index is 0.00896. The molecule has 0 aromatic heterocycles. The molecule has 0 spiro atoms. The van der Waals surface area contributed by atoms with Crippen molar-refractivity contribution in [3.05, 3.63) is 48.0 Å². The Morgan fingerprint density at radius 3 is 2.54 bits per heavy atom. The first-order chi connectivity index (χ1) is 13.4. The Bertz CT molecular complexity index is 884. The average Bonchev–Trinajstić information content (AvgIpc) is 3.20. The van der Waals surface area contributed by atoms with Gasteiger partial charge in [-0.2, -0.15) is 0 Å². The summed E-state index contributed by atoms with van der Waals surface area (Å²) in [6, 6.07) is 12.9. The van der Waals surface area contributed by atoms with Gasteiger partial charge in [-0.15, -0.1) is 0 Å². The number of carbonyl (C=O) groups is 3. The zero-order valence-electron chi connectivity index (χ0n) is 16.7. The summed E-state index contributed by atoms with van der Waals surface area (Å²) in [6.07, 6.45) is 1.52. The fourth-order valence-corrected chi connectivity index (χ4v) is 4.01. The maximum Gasteiger partial charge on any atom is 0.328 e. The van der Waals surface area contributed by atoms with Gasteiger partial charge in [0, 0.05) is 24.4 Å². The lowest BCUT2D eigenvalue weighted by Gasteiger charge is -2.29. The first-order valence-corrected chi connectivity index (χ1v) is 9.83. The van der Waals surface area contributed by atoms with E-state index in [1.165, 1.54) is 7.11 Å². The van der Waals surface area contributed by atoms with E-state index >= 15 is 0 Å². The number of ketones is 1. The molecule has 28 heavy (non-hydrogen) atoms. The van der Waals surface area contributed by atoms with Crippen LogP contribution in [0.4, 0.5) is 0 Å². The third-order valence-electron chi connectivity index (χ3n) is 5.63. The lowest BCUT2D eigenvalue weighted by Crippen LogP contribution is -2.45. The molecule has 0 unspecified atom stereocenters. The van der Waals surface area contributed by atoms with Gasteiger partial charge in [-0.3, -0.25) is 9.59 Å². The van der Waals surface area contributed by atoms with Crippen molar-refractivity contribution in [1.82, 2.24) is 4.90 Å². The number of Topliss-reactive ketones (excluding diaryl/α,β-unsaturated/α-hetero) is 1. The van der Waals surface area contributed by atoms with Crippen LogP contribution in [0.15, 0.2) is 42.5 Å². The van der Waals surface area contributed by atoms with Crippen LogP contribution in [-0.2, 0) is 14.3 Å². The lowest BCUT2D eigenvalue weighted by molar-refractivity contribution is -0.152. The molecule has 0 bridgehead atoms. The Hall–Kier alpha value is -2.69. The van der Waals surface area contributed by atoms with E-state index < -0.39 is 12.0 Å². The molecule has 0 aliphatic carbocycles. The number of esters is 1. The molecule has 1 amide bonds. The predicted molar refractivity (Wildman–Crippen MR) is 108 cm³/mol. The number of ether oxygens (including phenoxy) is 1. The summed E-state index contributed by atoms with van der Waals surface area (Å²) in [4.78, 5) is 39.9. The molecule has 0 radical (unpaired) electrons. The van der Waals surface area contributed by atoms with Crippen LogP contribution in [0.1, 0.15) is 43.5 Å². The van der Waals surface area contributed by atoms with Gasteiger partial charge in [0.2, 0.25) is 5.91 Å². The fraction of sp³-hybridized carbons (Fsp3) is 0.435. The number of hydrogen-bond acceptors (Lipinski definition) is 4. The van der Waals surface area contributed by atoms with Crippen LogP contribution in [0.25, 0.3) is 10.8 Å². The molecule has 5 nitrogen and oxygen atoms in total. The summed E-state index contributed by atoms with van der Waals surface area (Å²) in [5.74, 6) is -1.02. The molecule has 148 valence electrons. The van der Waals surface area contributed by atoms with Gasteiger partial charge >= 0.3 is 5.97 Å². The number of carbonyl (C=O) groups excluding carboxylic acids is 3. The summed E-state index contributed by atoms with van der Waals surface area (Å²) in [5.41, 5.74) is 0.641. The molecule has 1 aliphatic heterocycles. The van der Waals surface area contributed by atoms with Gasteiger partial charge in [0.05, 0.1) is 7.11 Å². The minimum atomic E-state index is -0.536. The van der Waals surface area contributed by atoms with Gasteiger partial charge in [0.15, 0.2) is 5.78 Å². The molecule has 1 fully saturated rings. The van der Waals surface area contributed by atoms with Crippen LogP contribution in [0.5, 0.6) is 0 Å². The third kappa shape index (κ3) is 3.93. The minimum Gasteiger partial charge on any atom is -0.467 e. The van der Waals surface area contributed by atoms with Crippen LogP contribution in [0, 0.1) is 11.8 Å².